The van der Waals surface area contributed by atoms with Gasteiger partial charge in [-0.15, -0.1) is 0 Å². The minimum Gasteiger partial charge on any atom is -0.489 e. The summed E-state index contributed by atoms with van der Waals surface area (Å²) in [5, 5.41) is 6.97. The summed E-state index contributed by atoms with van der Waals surface area (Å²) in [5.41, 5.74) is 2.27. The van der Waals surface area contributed by atoms with Crippen LogP contribution in [0.15, 0.2) is 18.2 Å². The van der Waals surface area contributed by atoms with Gasteiger partial charge >= 0.3 is 0 Å². The molecule has 0 aliphatic carbocycles. The molecule has 1 aliphatic rings. The predicted octanol–water partition coefficient (Wildman–Crippen LogP) is 2.18. The van der Waals surface area contributed by atoms with E-state index in [1.165, 1.54) is 18.4 Å². The molecule has 0 aromatic heterocycles. The van der Waals surface area contributed by atoms with Crippen LogP contribution in [-0.4, -0.2) is 39.5 Å². The zero-order valence-electron chi connectivity index (χ0n) is 11.9. The van der Waals surface area contributed by atoms with Crippen molar-refractivity contribution >= 4 is 5.69 Å². The van der Waals surface area contributed by atoms with Crippen molar-refractivity contribution in [2.45, 2.75) is 25.8 Å². The summed E-state index contributed by atoms with van der Waals surface area (Å²) < 4.78 is 10.8. The van der Waals surface area contributed by atoms with Crippen molar-refractivity contribution in [3.8, 4) is 5.75 Å². The van der Waals surface area contributed by atoms with E-state index in [9.17, 15) is 0 Å². The van der Waals surface area contributed by atoms with Crippen molar-refractivity contribution in [3.63, 3.8) is 0 Å². The Hall–Kier alpha value is -1.26. The number of hydrogen-bond donors (Lipinski definition) is 2. The molecule has 0 amide bonds. The fourth-order valence-corrected chi connectivity index (χ4v) is 2.29. The highest BCUT2D eigenvalue weighted by Crippen LogP contribution is 2.26. The minimum atomic E-state index is 0.577. The van der Waals surface area contributed by atoms with Crippen LogP contribution in [0.4, 0.5) is 5.69 Å². The quantitative estimate of drug-likeness (QED) is 0.741. The van der Waals surface area contributed by atoms with Gasteiger partial charge in [-0.1, -0.05) is 6.07 Å². The SMILES string of the molecule is COCCOc1cc(C)ccc1NCC1CCCN1. The maximum atomic E-state index is 5.77. The Morgan fingerprint density at radius 2 is 2.26 bits per heavy atom. The maximum absolute atomic E-state index is 5.77. The molecule has 1 fully saturated rings. The fraction of sp³-hybridized carbons (Fsp3) is 0.600. The van der Waals surface area contributed by atoms with Crippen molar-refractivity contribution < 1.29 is 9.47 Å². The van der Waals surface area contributed by atoms with E-state index >= 15 is 0 Å². The van der Waals surface area contributed by atoms with Gasteiger partial charge in [0.15, 0.2) is 0 Å². The lowest BCUT2D eigenvalue weighted by molar-refractivity contribution is 0.146. The molecule has 2 rings (SSSR count). The van der Waals surface area contributed by atoms with Gasteiger partial charge in [0.1, 0.15) is 12.4 Å². The summed E-state index contributed by atoms with van der Waals surface area (Å²) >= 11 is 0. The molecule has 4 nitrogen and oxygen atoms in total. The molecule has 1 atom stereocenters. The summed E-state index contributed by atoms with van der Waals surface area (Å²) in [7, 11) is 1.69. The van der Waals surface area contributed by atoms with E-state index in [1.54, 1.807) is 7.11 Å². The van der Waals surface area contributed by atoms with Crippen LogP contribution < -0.4 is 15.4 Å². The van der Waals surface area contributed by atoms with Crippen molar-refractivity contribution in [3.05, 3.63) is 23.8 Å². The van der Waals surface area contributed by atoms with E-state index in [4.69, 9.17) is 9.47 Å². The highest BCUT2D eigenvalue weighted by Gasteiger charge is 2.14. The Kier molecular flexibility index (Phi) is 5.48. The molecule has 0 bridgehead atoms. The first-order valence-corrected chi connectivity index (χ1v) is 6.99. The minimum absolute atomic E-state index is 0.577. The predicted molar refractivity (Wildman–Crippen MR) is 78.1 cm³/mol. The first-order valence-electron chi connectivity index (χ1n) is 6.99. The third kappa shape index (κ3) is 4.40. The first-order chi connectivity index (χ1) is 9.29. The molecule has 0 radical (unpaired) electrons. The Labute approximate surface area is 115 Å². The van der Waals surface area contributed by atoms with Gasteiger partial charge in [-0.3, -0.25) is 0 Å². The molecule has 1 heterocycles. The molecule has 4 heteroatoms. The monoisotopic (exact) mass is 264 g/mol. The Morgan fingerprint density at radius 3 is 3.00 bits per heavy atom. The van der Waals surface area contributed by atoms with Gasteiger partial charge in [-0.25, -0.2) is 0 Å². The molecular weight excluding hydrogens is 240 g/mol. The van der Waals surface area contributed by atoms with Gasteiger partial charge in [0.05, 0.1) is 12.3 Å². The van der Waals surface area contributed by atoms with Crippen LogP contribution in [0.25, 0.3) is 0 Å². The van der Waals surface area contributed by atoms with Crippen LogP contribution in [-0.2, 0) is 4.74 Å². The van der Waals surface area contributed by atoms with Gasteiger partial charge in [0, 0.05) is 19.7 Å². The lowest BCUT2D eigenvalue weighted by Crippen LogP contribution is -2.29. The number of ether oxygens (including phenoxy) is 2. The molecular formula is C15H24N2O2. The third-order valence-corrected chi connectivity index (χ3v) is 3.38. The third-order valence-electron chi connectivity index (χ3n) is 3.38. The largest absolute Gasteiger partial charge is 0.489 e. The number of nitrogens with one attached hydrogen (secondary N) is 2. The summed E-state index contributed by atoms with van der Waals surface area (Å²) in [6, 6.07) is 6.84. The van der Waals surface area contributed by atoms with Crippen molar-refractivity contribution in [2.24, 2.45) is 0 Å². The number of methoxy groups -OCH3 is 1. The van der Waals surface area contributed by atoms with Crippen LogP contribution in [0.2, 0.25) is 0 Å². The number of aryl methyl sites for hydroxylation is 1. The van der Waals surface area contributed by atoms with Gasteiger partial charge in [-0.05, 0) is 44.0 Å². The Morgan fingerprint density at radius 1 is 1.37 bits per heavy atom. The summed E-state index contributed by atoms with van der Waals surface area (Å²) in [4.78, 5) is 0. The molecule has 2 N–H and O–H groups in total. The van der Waals surface area contributed by atoms with Crippen LogP contribution >= 0.6 is 0 Å². The second kappa shape index (κ2) is 7.36. The molecule has 0 saturated carbocycles. The molecule has 1 aliphatic heterocycles. The van der Waals surface area contributed by atoms with Gasteiger partial charge < -0.3 is 20.1 Å². The van der Waals surface area contributed by atoms with Crippen LogP contribution in [0.5, 0.6) is 5.75 Å². The second-order valence-corrected chi connectivity index (χ2v) is 5.02. The van der Waals surface area contributed by atoms with E-state index in [1.807, 2.05) is 0 Å². The van der Waals surface area contributed by atoms with Gasteiger partial charge in [0.25, 0.3) is 0 Å². The summed E-state index contributed by atoms with van der Waals surface area (Å²) in [5.74, 6) is 0.912. The zero-order valence-corrected chi connectivity index (χ0v) is 11.9. The highest BCUT2D eigenvalue weighted by atomic mass is 16.5. The van der Waals surface area contributed by atoms with Crippen LogP contribution in [0.3, 0.4) is 0 Å². The normalized spacial score (nSPS) is 18.5. The zero-order chi connectivity index (χ0) is 13.5. The fourth-order valence-electron chi connectivity index (χ4n) is 2.29. The lowest BCUT2D eigenvalue weighted by Gasteiger charge is -2.16. The first kappa shape index (κ1) is 14.2. The average Bonchev–Trinajstić information content (AvgIpc) is 2.91. The van der Waals surface area contributed by atoms with Crippen molar-refractivity contribution in [2.75, 3.05) is 38.7 Å². The lowest BCUT2D eigenvalue weighted by atomic mass is 10.2. The van der Waals surface area contributed by atoms with Crippen molar-refractivity contribution in [1.29, 1.82) is 0 Å². The molecule has 0 spiro atoms. The molecule has 106 valence electrons. The van der Waals surface area contributed by atoms with E-state index < -0.39 is 0 Å². The topological polar surface area (TPSA) is 42.5 Å². The van der Waals surface area contributed by atoms with E-state index in [-0.39, 0.29) is 0 Å². The molecule has 1 aromatic rings. The van der Waals surface area contributed by atoms with Gasteiger partial charge in [-0.2, -0.15) is 0 Å². The summed E-state index contributed by atoms with van der Waals surface area (Å²) in [6.45, 7) is 5.35. The molecule has 1 aromatic carbocycles. The standard InChI is InChI=1S/C15H24N2O2/c1-12-5-6-14(15(10-12)19-9-8-18-2)17-11-13-4-3-7-16-13/h5-6,10,13,16-17H,3-4,7-9,11H2,1-2H3. The second-order valence-electron chi connectivity index (χ2n) is 5.02. The van der Waals surface area contributed by atoms with Crippen LogP contribution in [0, 0.1) is 6.92 Å². The Balaban J connectivity index is 1.92. The highest BCUT2D eigenvalue weighted by molar-refractivity contribution is 5.57. The summed E-state index contributed by atoms with van der Waals surface area (Å²) in [6.07, 6.45) is 2.52. The molecule has 1 unspecified atom stereocenters. The smallest absolute Gasteiger partial charge is 0.142 e. The molecule has 1 saturated heterocycles. The molecule has 19 heavy (non-hydrogen) atoms. The number of rotatable bonds is 7. The number of benzene rings is 1. The number of anilines is 1. The van der Waals surface area contributed by atoms with Crippen molar-refractivity contribution in [1.82, 2.24) is 5.32 Å². The van der Waals surface area contributed by atoms with E-state index in [2.05, 4.69) is 35.8 Å². The van der Waals surface area contributed by atoms with Crippen LogP contribution in [0.1, 0.15) is 18.4 Å². The maximum Gasteiger partial charge on any atom is 0.142 e. The van der Waals surface area contributed by atoms with E-state index in [0.717, 1.165) is 24.5 Å². The van der Waals surface area contributed by atoms with Gasteiger partial charge in [0.2, 0.25) is 0 Å². The van der Waals surface area contributed by atoms with E-state index in [0.29, 0.717) is 19.3 Å². The number of hydrogen-bond acceptors (Lipinski definition) is 4. The average molecular weight is 264 g/mol. The Bertz CT molecular complexity index is 390.